The second-order valence-electron chi connectivity index (χ2n) is 4.26. The third-order valence-electron chi connectivity index (χ3n) is 2.87. The summed E-state index contributed by atoms with van der Waals surface area (Å²) in [7, 11) is -1.45. The highest BCUT2D eigenvalue weighted by Gasteiger charge is 2.12. The van der Waals surface area contributed by atoms with Gasteiger partial charge in [-0.2, -0.15) is 5.10 Å². The number of aryl methyl sites for hydroxylation is 1. The number of hydrogen-bond acceptors (Lipinski definition) is 3. The Hall–Kier alpha value is -1.30. The lowest BCUT2D eigenvalue weighted by atomic mass is 9.80. The Morgan fingerprint density at radius 1 is 1.33 bits per heavy atom. The van der Waals surface area contributed by atoms with Gasteiger partial charge in [-0.1, -0.05) is 35.9 Å². The maximum absolute atomic E-state index is 9.13. The number of aromatic nitrogens is 2. The maximum atomic E-state index is 9.13. The molecule has 1 aromatic heterocycles. The molecule has 0 saturated heterocycles. The van der Waals surface area contributed by atoms with Crippen molar-refractivity contribution >= 4 is 24.2 Å². The Labute approximate surface area is 111 Å². The molecule has 2 aromatic rings. The van der Waals surface area contributed by atoms with Crippen LogP contribution in [0.25, 0.3) is 0 Å². The number of halogens is 1. The molecule has 0 saturated carbocycles. The second kappa shape index (κ2) is 5.14. The number of benzene rings is 1. The molecule has 0 atom stereocenters. The summed E-state index contributed by atoms with van der Waals surface area (Å²) in [6, 6.07) is 7.12. The highest BCUT2D eigenvalue weighted by atomic mass is 35.5. The molecule has 4 nitrogen and oxygen atoms in total. The molecule has 0 aliphatic heterocycles. The van der Waals surface area contributed by atoms with Gasteiger partial charge in [0.2, 0.25) is 0 Å². The Balaban J connectivity index is 2.28. The summed E-state index contributed by atoms with van der Waals surface area (Å²) >= 11 is 6.08. The largest absolute Gasteiger partial charge is 0.488 e. The van der Waals surface area contributed by atoms with E-state index in [1.54, 1.807) is 22.9 Å². The van der Waals surface area contributed by atoms with Crippen LogP contribution in [0, 0.1) is 13.8 Å². The van der Waals surface area contributed by atoms with Crippen LogP contribution in [0.3, 0.4) is 0 Å². The predicted octanol–water partition coefficient (Wildman–Crippen LogP) is 0.881. The summed E-state index contributed by atoms with van der Waals surface area (Å²) in [5.41, 5.74) is 3.12. The van der Waals surface area contributed by atoms with E-state index in [4.69, 9.17) is 21.6 Å². The Morgan fingerprint density at radius 2 is 2.06 bits per heavy atom. The fraction of sp³-hybridized carbons (Fsp3) is 0.250. The van der Waals surface area contributed by atoms with E-state index < -0.39 is 7.12 Å². The number of hydrogen-bond donors (Lipinski definition) is 2. The molecule has 0 bridgehead atoms. The van der Waals surface area contributed by atoms with Gasteiger partial charge in [0.25, 0.3) is 0 Å². The molecule has 0 aliphatic carbocycles. The predicted molar refractivity (Wildman–Crippen MR) is 72.1 cm³/mol. The minimum Gasteiger partial charge on any atom is -0.423 e. The SMILES string of the molecule is Cc1nn(Cc2cccc(B(O)O)c2)c(C)c1Cl. The van der Waals surface area contributed by atoms with Gasteiger partial charge >= 0.3 is 7.12 Å². The molecule has 0 spiro atoms. The van der Waals surface area contributed by atoms with Gasteiger partial charge in [0.1, 0.15) is 0 Å². The highest BCUT2D eigenvalue weighted by Crippen LogP contribution is 2.19. The van der Waals surface area contributed by atoms with Crippen molar-refractivity contribution in [1.82, 2.24) is 9.78 Å². The molecule has 94 valence electrons. The van der Waals surface area contributed by atoms with Gasteiger partial charge in [0, 0.05) is 0 Å². The third-order valence-corrected chi connectivity index (χ3v) is 3.42. The number of rotatable bonds is 3. The van der Waals surface area contributed by atoms with Crippen LogP contribution >= 0.6 is 11.6 Å². The Morgan fingerprint density at radius 3 is 2.61 bits per heavy atom. The minimum atomic E-state index is -1.45. The lowest BCUT2D eigenvalue weighted by Crippen LogP contribution is -2.30. The van der Waals surface area contributed by atoms with Crippen molar-refractivity contribution in [3.8, 4) is 0 Å². The van der Waals surface area contributed by atoms with Crippen molar-refractivity contribution < 1.29 is 10.0 Å². The molecular weight excluding hydrogens is 250 g/mol. The van der Waals surface area contributed by atoms with Gasteiger partial charge in [-0.3, -0.25) is 4.68 Å². The monoisotopic (exact) mass is 264 g/mol. The van der Waals surface area contributed by atoms with Crippen molar-refractivity contribution in [3.63, 3.8) is 0 Å². The van der Waals surface area contributed by atoms with Gasteiger partial charge in [0.05, 0.1) is 23.0 Å². The summed E-state index contributed by atoms with van der Waals surface area (Å²) in [6.07, 6.45) is 0. The van der Waals surface area contributed by atoms with Crippen LogP contribution < -0.4 is 5.46 Å². The van der Waals surface area contributed by atoms with Crippen LogP contribution in [0.5, 0.6) is 0 Å². The molecule has 1 aromatic carbocycles. The molecule has 18 heavy (non-hydrogen) atoms. The van der Waals surface area contributed by atoms with E-state index >= 15 is 0 Å². The highest BCUT2D eigenvalue weighted by molar-refractivity contribution is 6.58. The average Bonchev–Trinajstić information content (AvgIpc) is 2.57. The van der Waals surface area contributed by atoms with Crippen molar-refractivity contribution in [3.05, 3.63) is 46.2 Å². The van der Waals surface area contributed by atoms with Crippen molar-refractivity contribution in [2.45, 2.75) is 20.4 Å². The topological polar surface area (TPSA) is 58.3 Å². The fourth-order valence-electron chi connectivity index (χ4n) is 1.85. The summed E-state index contributed by atoms with van der Waals surface area (Å²) in [4.78, 5) is 0. The summed E-state index contributed by atoms with van der Waals surface area (Å²) in [5.74, 6) is 0. The summed E-state index contributed by atoms with van der Waals surface area (Å²) in [5, 5.41) is 23.3. The smallest absolute Gasteiger partial charge is 0.423 e. The van der Waals surface area contributed by atoms with Crippen LogP contribution in [0.15, 0.2) is 24.3 Å². The molecular formula is C12H14BClN2O2. The van der Waals surface area contributed by atoms with Crippen LogP contribution in [-0.4, -0.2) is 26.9 Å². The van der Waals surface area contributed by atoms with Crippen molar-refractivity contribution in [2.75, 3.05) is 0 Å². The van der Waals surface area contributed by atoms with Gasteiger partial charge < -0.3 is 10.0 Å². The van der Waals surface area contributed by atoms with E-state index in [0.717, 1.165) is 17.0 Å². The maximum Gasteiger partial charge on any atom is 0.488 e. The van der Waals surface area contributed by atoms with Gasteiger partial charge in [0.15, 0.2) is 0 Å². The van der Waals surface area contributed by atoms with E-state index in [2.05, 4.69) is 5.10 Å². The zero-order valence-electron chi connectivity index (χ0n) is 10.3. The molecule has 0 unspecified atom stereocenters. The van der Waals surface area contributed by atoms with Crippen molar-refractivity contribution in [1.29, 1.82) is 0 Å². The fourth-order valence-corrected chi connectivity index (χ4v) is 1.99. The standard InChI is InChI=1S/C12H14BClN2O2/c1-8-12(14)9(2)16(15-8)7-10-4-3-5-11(6-10)13(17)18/h3-6,17-18H,7H2,1-2H3. The first-order chi connectivity index (χ1) is 8.49. The molecule has 0 aliphatic rings. The zero-order chi connectivity index (χ0) is 13.3. The minimum absolute atomic E-state index is 0.472. The van der Waals surface area contributed by atoms with E-state index in [1.165, 1.54) is 0 Å². The third kappa shape index (κ3) is 2.58. The lowest BCUT2D eigenvalue weighted by Gasteiger charge is -2.06. The molecule has 2 N–H and O–H groups in total. The molecule has 0 radical (unpaired) electrons. The van der Waals surface area contributed by atoms with Gasteiger partial charge in [-0.15, -0.1) is 0 Å². The van der Waals surface area contributed by atoms with Crippen LogP contribution in [0.1, 0.15) is 17.0 Å². The quantitative estimate of drug-likeness (QED) is 0.809. The summed E-state index contributed by atoms with van der Waals surface area (Å²) in [6.45, 7) is 4.33. The molecule has 6 heteroatoms. The Kier molecular flexibility index (Phi) is 3.75. The summed E-state index contributed by atoms with van der Waals surface area (Å²) < 4.78 is 1.81. The van der Waals surface area contributed by atoms with Gasteiger partial charge in [-0.05, 0) is 24.9 Å². The Bertz CT molecular complexity index is 569. The number of nitrogens with zero attached hydrogens (tertiary/aromatic N) is 2. The zero-order valence-corrected chi connectivity index (χ0v) is 11.0. The first kappa shape index (κ1) is 13.1. The molecule has 2 rings (SSSR count). The first-order valence-corrected chi connectivity index (χ1v) is 6.01. The van der Waals surface area contributed by atoms with E-state index in [0.29, 0.717) is 17.0 Å². The van der Waals surface area contributed by atoms with Crippen LogP contribution in [0.4, 0.5) is 0 Å². The van der Waals surface area contributed by atoms with Crippen LogP contribution in [-0.2, 0) is 6.54 Å². The van der Waals surface area contributed by atoms with Crippen LogP contribution in [0.2, 0.25) is 5.02 Å². The van der Waals surface area contributed by atoms with E-state index in [-0.39, 0.29) is 0 Å². The lowest BCUT2D eigenvalue weighted by molar-refractivity contribution is 0.425. The van der Waals surface area contributed by atoms with Crippen molar-refractivity contribution in [2.24, 2.45) is 0 Å². The second-order valence-corrected chi connectivity index (χ2v) is 4.64. The van der Waals surface area contributed by atoms with Gasteiger partial charge in [-0.25, -0.2) is 0 Å². The molecule has 1 heterocycles. The molecule has 0 fully saturated rings. The van der Waals surface area contributed by atoms with E-state index in [9.17, 15) is 0 Å². The normalized spacial score (nSPS) is 10.7. The first-order valence-electron chi connectivity index (χ1n) is 5.63. The van der Waals surface area contributed by atoms with E-state index in [1.807, 2.05) is 19.9 Å². The molecule has 0 amide bonds. The average molecular weight is 265 g/mol.